The molecule has 2 N–H and O–H groups in total. The van der Waals surface area contributed by atoms with E-state index < -0.39 is 9.84 Å². The number of oxazole rings is 1. The number of carbonyl (C=O) groups excluding carboxylic acids is 1. The van der Waals surface area contributed by atoms with Crippen molar-refractivity contribution >= 4 is 32.7 Å². The van der Waals surface area contributed by atoms with Crippen LogP contribution in [-0.2, 0) is 16.4 Å². The summed E-state index contributed by atoms with van der Waals surface area (Å²) in [6.45, 7) is 0.368. The van der Waals surface area contributed by atoms with Gasteiger partial charge in [0.1, 0.15) is 5.52 Å². The van der Waals surface area contributed by atoms with E-state index >= 15 is 0 Å². The summed E-state index contributed by atoms with van der Waals surface area (Å²) in [4.78, 5) is 24.5. The quantitative estimate of drug-likeness (QED) is 0.505. The van der Waals surface area contributed by atoms with Crippen molar-refractivity contribution in [2.75, 3.05) is 11.6 Å². The molecule has 0 saturated carbocycles. The number of anilines is 1. The van der Waals surface area contributed by atoms with Crippen molar-refractivity contribution in [2.45, 2.75) is 11.4 Å². The number of nitrogens with zero attached hydrogens (tertiary/aromatic N) is 3. The largest absolute Gasteiger partial charge is 0.436 e. The topological polar surface area (TPSA) is 127 Å². The predicted molar refractivity (Wildman–Crippen MR) is 110 cm³/mol. The zero-order chi connectivity index (χ0) is 21.1. The van der Waals surface area contributed by atoms with Gasteiger partial charge in [0.25, 0.3) is 0 Å². The molecule has 0 fully saturated rings. The molecule has 0 unspecified atom stereocenters. The van der Waals surface area contributed by atoms with E-state index in [2.05, 4.69) is 25.6 Å². The van der Waals surface area contributed by atoms with Crippen LogP contribution >= 0.6 is 0 Å². The minimum Gasteiger partial charge on any atom is -0.436 e. The van der Waals surface area contributed by atoms with Crippen LogP contribution < -0.4 is 10.6 Å². The van der Waals surface area contributed by atoms with Gasteiger partial charge in [0, 0.05) is 49.3 Å². The molecule has 2 amide bonds. The lowest BCUT2D eigenvalue weighted by atomic mass is 10.2. The first-order valence-electron chi connectivity index (χ1n) is 8.88. The number of sulfone groups is 1. The average Bonchev–Trinajstić information content (AvgIpc) is 3.16. The molecule has 30 heavy (non-hydrogen) atoms. The van der Waals surface area contributed by atoms with Crippen molar-refractivity contribution in [3.8, 4) is 11.5 Å². The van der Waals surface area contributed by atoms with E-state index in [-0.39, 0.29) is 16.8 Å². The molecule has 4 rings (SSSR count). The van der Waals surface area contributed by atoms with E-state index in [0.717, 1.165) is 11.8 Å². The van der Waals surface area contributed by atoms with Gasteiger partial charge < -0.3 is 15.1 Å². The fourth-order valence-electron chi connectivity index (χ4n) is 2.72. The van der Waals surface area contributed by atoms with Crippen molar-refractivity contribution in [1.82, 2.24) is 20.3 Å². The lowest BCUT2D eigenvalue weighted by Gasteiger charge is -2.07. The maximum atomic E-state index is 12.1. The molecule has 0 aliphatic rings. The van der Waals surface area contributed by atoms with Gasteiger partial charge in [0.05, 0.1) is 10.5 Å². The Morgan fingerprint density at radius 1 is 1.07 bits per heavy atom. The minimum absolute atomic E-state index is 0.0791. The standard InChI is InChI=1S/C20H17N5O4S/c1-30(27,28)16-8-14(11-22-12-16)19-25-17-3-2-15(9-18(17)29-19)24-20(26)23-10-13-4-6-21-7-5-13/h2-9,11-12H,10H2,1H3,(H2,23,24,26). The number of carbonyl (C=O) groups is 1. The van der Waals surface area contributed by atoms with Crippen LogP contribution in [0, 0.1) is 0 Å². The summed E-state index contributed by atoms with van der Waals surface area (Å²) in [7, 11) is -3.40. The summed E-state index contributed by atoms with van der Waals surface area (Å²) in [6.07, 6.45) is 7.17. The van der Waals surface area contributed by atoms with Gasteiger partial charge in [-0.15, -0.1) is 0 Å². The summed E-state index contributed by atoms with van der Waals surface area (Å²) in [5.41, 5.74) is 2.92. The first-order valence-corrected chi connectivity index (χ1v) is 10.8. The number of rotatable bonds is 5. The maximum absolute atomic E-state index is 12.1. The molecule has 9 nitrogen and oxygen atoms in total. The SMILES string of the molecule is CS(=O)(=O)c1cncc(-c2nc3ccc(NC(=O)NCc4ccncc4)cc3o2)c1. The Labute approximate surface area is 172 Å². The summed E-state index contributed by atoms with van der Waals surface area (Å²) < 4.78 is 29.2. The molecule has 0 bridgehead atoms. The third-order valence-electron chi connectivity index (χ3n) is 4.24. The normalized spacial score (nSPS) is 11.4. The van der Waals surface area contributed by atoms with Crippen LogP contribution in [0.3, 0.4) is 0 Å². The van der Waals surface area contributed by atoms with E-state index in [4.69, 9.17) is 4.42 Å². The summed E-state index contributed by atoms with van der Waals surface area (Å²) >= 11 is 0. The van der Waals surface area contributed by atoms with Crippen LogP contribution in [0.25, 0.3) is 22.6 Å². The summed E-state index contributed by atoms with van der Waals surface area (Å²) in [5, 5.41) is 5.49. The molecule has 4 aromatic rings. The van der Waals surface area contributed by atoms with Gasteiger partial charge in [-0.2, -0.15) is 0 Å². The molecule has 0 atom stereocenters. The van der Waals surface area contributed by atoms with Gasteiger partial charge in [0.15, 0.2) is 15.4 Å². The number of hydrogen-bond acceptors (Lipinski definition) is 7. The third kappa shape index (κ3) is 4.44. The Morgan fingerprint density at radius 3 is 2.63 bits per heavy atom. The predicted octanol–water partition coefficient (Wildman–Crippen LogP) is 3.01. The summed E-state index contributed by atoms with van der Waals surface area (Å²) in [6, 6.07) is 9.77. The van der Waals surface area contributed by atoms with Crippen molar-refractivity contribution in [1.29, 1.82) is 0 Å². The number of pyridine rings is 2. The molecule has 3 aromatic heterocycles. The van der Waals surface area contributed by atoms with Crippen LogP contribution in [0.1, 0.15) is 5.56 Å². The van der Waals surface area contributed by atoms with E-state index in [9.17, 15) is 13.2 Å². The van der Waals surface area contributed by atoms with Gasteiger partial charge in [-0.1, -0.05) is 0 Å². The van der Waals surface area contributed by atoms with Crippen LogP contribution in [-0.4, -0.2) is 35.7 Å². The Balaban J connectivity index is 1.51. The van der Waals surface area contributed by atoms with Gasteiger partial charge in [-0.25, -0.2) is 18.2 Å². The van der Waals surface area contributed by atoms with E-state index in [1.54, 1.807) is 30.6 Å². The molecule has 0 aliphatic carbocycles. The van der Waals surface area contributed by atoms with Crippen molar-refractivity contribution < 1.29 is 17.6 Å². The highest BCUT2D eigenvalue weighted by molar-refractivity contribution is 7.90. The molecule has 0 aliphatic heterocycles. The number of fused-ring (bicyclic) bond motifs is 1. The molecule has 3 heterocycles. The number of amides is 2. The van der Waals surface area contributed by atoms with Crippen LogP contribution in [0.5, 0.6) is 0 Å². The van der Waals surface area contributed by atoms with Gasteiger partial charge in [-0.3, -0.25) is 9.97 Å². The molecule has 0 spiro atoms. The molecule has 1 aromatic carbocycles. The van der Waals surface area contributed by atoms with Crippen molar-refractivity contribution in [3.05, 3.63) is 66.7 Å². The second-order valence-electron chi connectivity index (χ2n) is 6.55. The number of urea groups is 1. The second-order valence-corrected chi connectivity index (χ2v) is 8.56. The zero-order valence-electron chi connectivity index (χ0n) is 15.9. The minimum atomic E-state index is -3.40. The van der Waals surface area contributed by atoms with Crippen LogP contribution in [0.4, 0.5) is 10.5 Å². The Bertz CT molecular complexity index is 1320. The number of aromatic nitrogens is 3. The molecular weight excluding hydrogens is 406 g/mol. The Morgan fingerprint density at radius 2 is 1.87 bits per heavy atom. The van der Waals surface area contributed by atoms with Crippen LogP contribution in [0.2, 0.25) is 0 Å². The highest BCUT2D eigenvalue weighted by Crippen LogP contribution is 2.27. The second kappa shape index (κ2) is 7.91. The lowest BCUT2D eigenvalue weighted by Crippen LogP contribution is -2.28. The first kappa shape index (κ1) is 19.5. The molecular formula is C20H17N5O4S. The maximum Gasteiger partial charge on any atom is 0.319 e. The number of nitrogens with one attached hydrogen (secondary N) is 2. The Kier molecular flexibility index (Phi) is 5.15. The fourth-order valence-corrected chi connectivity index (χ4v) is 3.32. The highest BCUT2D eigenvalue weighted by atomic mass is 32.2. The first-order chi connectivity index (χ1) is 14.4. The Hall–Kier alpha value is -3.79. The van der Waals surface area contributed by atoms with Crippen molar-refractivity contribution in [3.63, 3.8) is 0 Å². The van der Waals surface area contributed by atoms with E-state index in [1.807, 2.05) is 12.1 Å². The highest BCUT2D eigenvalue weighted by Gasteiger charge is 2.14. The zero-order valence-corrected chi connectivity index (χ0v) is 16.7. The number of benzene rings is 1. The van der Waals surface area contributed by atoms with Crippen molar-refractivity contribution in [2.24, 2.45) is 0 Å². The third-order valence-corrected chi connectivity index (χ3v) is 5.32. The molecule has 0 radical (unpaired) electrons. The number of hydrogen-bond donors (Lipinski definition) is 2. The monoisotopic (exact) mass is 423 g/mol. The summed E-state index contributed by atoms with van der Waals surface area (Å²) in [5.74, 6) is 0.238. The molecule has 10 heteroatoms. The smallest absolute Gasteiger partial charge is 0.319 e. The van der Waals surface area contributed by atoms with Gasteiger partial charge in [-0.05, 0) is 35.9 Å². The van der Waals surface area contributed by atoms with Crippen LogP contribution in [0.15, 0.2) is 70.5 Å². The fraction of sp³-hybridized carbons (Fsp3) is 0.100. The van der Waals surface area contributed by atoms with E-state index in [1.165, 1.54) is 18.5 Å². The van der Waals surface area contributed by atoms with E-state index in [0.29, 0.717) is 28.9 Å². The molecule has 0 saturated heterocycles. The average molecular weight is 423 g/mol. The van der Waals surface area contributed by atoms with Gasteiger partial charge in [0.2, 0.25) is 5.89 Å². The lowest BCUT2D eigenvalue weighted by molar-refractivity contribution is 0.251. The molecule has 152 valence electrons. The van der Waals surface area contributed by atoms with Gasteiger partial charge >= 0.3 is 6.03 Å².